The summed E-state index contributed by atoms with van der Waals surface area (Å²) in [5.74, 6) is -0.138. The minimum Gasteiger partial charge on any atom is -0.341 e. The third kappa shape index (κ3) is 4.37. The number of aromatic nitrogens is 2. The van der Waals surface area contributed by atoms with Crippen LogP contribution in [0, 0.1) is 6.92 Å². The Morgan fingerprint density at radius 2 is 1.42 bits per heavy atom. The van der Waals surface area contributed by atoms with Crippen molar-refractivity contribution in [2.45, 2.75) is 13.0 Å². The molecule has 0 atom stereocenters. The number of fused-ring (bicyclic) bond motifs is 1. The lowest BCUT2D eigenvalue weighted by atomic mass is 9.97. The number of nitrogens with zero attached hydrogens (tertiary/aromatic N) is 2. The molecule has 5 rings (SSSR count). The second kappa shape index (κ2) is 9.05. The lowest BCUT2D eigenvalue weighted by Crippen LogP contribution is -2.29. The highest BCUT2D eigenvalue weighted by atomic mass is 16.1. The van der Waals surface area contributed by atoms with Gasteiger partial charge in [0.15, 0.2) is 0 Å². The molecule has 0 fully saturated rings. The number of carbonyl (C=O) groups is 1. The molecule has 160 valence electrons. The van der Waals surface area contributed by atoms with Crippen molar-refractivity contribution in [3.8, 4) is 11.3 Å². The molecule has 1 amide bonds. The Labute approximate surface area is 193 Å². The normalized spacial score (nSPS) is 11.0. The van der Waals surface area contributed by atoms with Crippen molar-refractivity contribution in [3.05, 3.63) is 132 Å². The molecule has 0 radical (unpaired) electrons. The van der Waals surface area contributed by atoms with Crippen LogP contribution >= 0.6 is 0 Å². The number of carbonyl (C=O) groups excluding carboxylic acids is 1. The molecule has 0 aliphatic heterocycles. The third-order valence-corrected chi connectivity index (χ3v) is 5.73. The standard InChI is InChI=1S/C29H23N3O/c1-20-12-13-26-24(18-20)25(19-27(31-26)21-14-16-30-17-15-21)29(33)32-28(22-8-4-2-5-9-22)23-10-6-3-7-11-23/h2-19,28H,1H3,(H,32,33). The average molecular weight is 430 g/mol. The number of nitrogens with one attached hydrogen (secondary N) is 1. The molecule has 3 aromatic carbocycles. The maximum Gasteiger partial charge on any atom is 0.252 e. The minimum absolute atomic E-state index is 0.138. The first kappa shape index (κ1) is 20.6. The summed E-state index contributed by atoms with van der Waals surface area (Å²) in [5.41, 5.74) is 6.20. The van der Waals surface area contributed by atoms with Crippen molar-refractivity contribution in [3.63, 3.8) is 0 Å². The smallest absolute Gasteiger partial charge is 0.252 e. The zero-order valence-electron chi connectivity index (χ0n) is 18.3. The maximum atomic E-state index is 13.8. The van der Waals surface area contributed by atoms with Gasteiger partial charge in [-0.25, -0.2) is 4.98 Å². The molecule has 0 unspecified atom stereocenters. The van der Waals surface area contributed by atoms with Crippen LogP contribution in [0.1, 0.15) is 33.1 Å². The summed E-state index contributed by atoms with van der Waals surface area (Å²) in [7, 11) is 0. The number of amides is 1. The van der Waals surface area contributed by atoms with Gasteiger partial charge in [-0.05, 0) is 48.4 Å². The zero-order chi connectivity index (χ0) is 22.6. The predicted octanol–water partition coefficient (Wildman–Crippen LogP) is 6.12. The maximum absolute atomic E-state index is 13.8. The van der Waals surface area contributed by atoms with Crippen molar-refractivity contribution in [1.29, 1.82) is 0 Å². The molecule has 2 heterocycles. The van der Waals surface area contributed by atoms with E-state index in [1.54, 1.807) is 12.4 Å². The topological polar surface area (TPSA) is 54.9 Å². The summed E-state index contributed by atoms with van der Waals surface area (Å²) in [4.78, 5) is 22.7. The molecule has 0 spiro atoms. The monoisotopic (exact) mass is 429 g/mol. The van der Waals surface area contributed by atoms with Crippen LogP contribution < -0.4 is 5.32 Å². The van der Waals surface area contributed by atoms with Crippen molar-refractivity contribution >= 4 is 16.8 Å². The van der Waals surface area contributed by atoms with Gasteiger partial charge in [0.1, 0.15) is 0 Å². The van der Waals surface area contributed by atoms with Crippen LogP contribution in [0.3, 0.4) is 0 Å². The fourth-order valence-corrected chi connectivity index (χ4v) is 4.06. The van der Waals surface area contributed by atoms with Gasteiger partial charge in [-0.3, -0.25) is 9.78 Å². The average Bonchev–Trinajstić information content (AvgIpc) is 2.88. The van der Waals surface area contributed by atoms with E-state index in [1.165, 1.54) is 0 Å². The molecule has 4 heteroatoms. The minimum atomic E-state index is -0.266. The summed E-state index contributed by atoms with van der Waals surface area (Å²) in [6, 6.07) is 31.5. The predicted molar refractivity (Wildman–Crippen MR) is 132 cm³/mol. The largest absolute Gasteiger partial charge is 0.341 e. The van der Waals surface area contributed by atoms with Crippen LogP contribution in [-0.4, -0.2) is 15.9 Å². The summed E-state index contributed by atoms with van der Waals surface area (Å²) in [6.07, 6.45) is 3.47. The van der Waals surface area contributed by atoms with E-state index in [0.29, 0.717) is 5.56 Å². The molecule has 2 aromatic heterocycles. The fourth-order valence-electron chi connectivity index (χ4n) is 4.06. The van der Waals surface area contributed by atoms with Gasteiger partial charge in [-0.2, -0.15) is 0 Å². The van der Waals surface area contributed by atoms with Crippen LogP contribution in [0.5, 0.6) is 0 Å². The quantitative estimate of drug-likeness (QED) is 0.366. The van der Waals surface area contributed by atoms with Gasteiger partial charge in [-0.15, -0.1) is 0 Å². The first-order valence-electron chi connectivity index (χ1n) is 10.9. The Hall–Kier alpha value is -4.31. The Morgan fingerprint density at radius 1 is 0.788 bits per heavy atom. The summed E-state index contributed by atoms with van der Waals surface area (Å²) in [6.45, 7) is 2.02. The highest BCUT2D eigenvalue weighted by Crippen LogP contribution is 2.27. The van der Waals surface area contributed by atoms with Crippen molar-refractivity contribution in [2.24, 2.45) is 0 Å². The highest BCUT2D eigenvalue weighted by Gasteiger charge is 2.20. The summed E-state index contributed by atoms with van der Waals surface area (Å²) >= 11 is 0. The van der Waals surface area contributed by atoms with E-state index in [1.807, 2.05) is 104 Å². The Bertz CT molecular complexity index is 1360. The van der Waals surface area contributed by atoms with E-state index in [-0.39, 0.29) is 11.9 Å². The third-order valence-electron chi connectivity index (χ3n) is 5.73. The molecule has 5 aromatic rings. The van der Waals surface area contributed by atoms with E-state index < -0.39 is 0 Å². The molecule has 0 bridgehead atoms. The second-order valence-corrected chi connectivity index (χ2v) is 8.04. The fraction of sp³-hybridized carbons (Fsp3) is 0.0690. The number of pyridine rings is 2. The number of rotatable bonds is 5. The Kier molecular flexibility index (Phi) is 5.64. The van der Waals surface area contributed by atoms with E-state index in [0.717, 1.165) is 38.9 Å². The van der Waals surface area contributed by atoms with Crippen LogP contribution in [0.4, 0.5) is 0 Å². The SMILES string of the molecule is Cc1ccc2nc(-c3ccncc3)cc(C(=O)NC(c3ccccc3)c3ccccc3)c2c1. The molecule has 1 N–H and O–H groups in total. The van der Waals surface area contributed by atoms with Gasteiger partial charge in [0.2, 0.25) is 0 Å². The summed E-state index contributed by atoms with van der Waals surface area (Å²) in [5, 5.41) is 4.12. The lowest BCUT2D eigenvalue weighted by Gasteiger charge is -2.21. The van der Waals surface area contributed by atoms with Crippen LogP contribution in [0.2, 0.25) is 0 Å². The van der Waals surface area contributed by atoms with Crippen molar-refractivity contribution in [2.75, 3.05) is 0 Å². The molecule has 0 aliphatic carbocycles. The highest BCUT2D eigenvalue weighted by molar-refractivity contribution is 6.07. The van der Waals surface area contributed by atoms with Gasteiger partial charge in [0, 0.05) is 23.3 Å². The number of hydrogen-bond acceptors (Lipinski definition) is 3. The van der Waals surface area contributed by atoms with E-state index in [4.69, 9.17) is 4.98 Å². The van der Waals surface area contributed by atoms with Crippen molar-refractivity contribution < 1.29 is 4.79 Å². The second-order valence-electron chi connectivity index (χ2n) is 8.04. The van der Waals surface area contributed by atoms with Crippen LogP contribution in [0.25, 0.3) is 22.2 Å². The van der Waals surface area contributed by atoms with E-state index in [2.05, 4.69) is 10.3 Å². The first-order chi connectivity index (χ1) is 16.2. The van der Waals surface area contributed by atoms with Gasteiger partial charge in [-0.1, -0.05) is 72.3 Å². The number of benzene rings is 3. The van der Waals surface area contributed by atoms with E-state index >= 15 is 0 Å². The molecule has 0 saturated carbocycles. The molecular formula is C29H23N3O. The van der Waals surface area contributed by atoms with Gasteiger partial charge >= 0.3 is 0 Å². The van der Waals surface area contributed by atoms with Gasteiger partial charge in [0.25, 0.3) is 5.91 Å². The number of hydrogen-bond donors (Lipinski definition) is 1. The molecule has 0 saturated heterocycles. The van der Waals surface area contributed by atoms with Crippen LogP contribution in [-0.2, 0) is 0 Å². The zero-order valence-corrected chi connectivity index (χ0v) is 18.3. The Balaban J connectivity index is 1.61. The lowest BCUT2D eigenvalue weighted by molar-refractivity contribution is 0.0944. The van der Waals surface area contributed by atoms with Gasteiger partial charge < -0.3 is 5.32 Å². The molecular weight excluding hydrogens is 406 g/mol. The summed E-state index contributed by atoms with van der Waals surface area (Å²) < 4.78 is 0. The molecule has 33 heavy (non-hydrogen) atoms. The molecule has 0 aliphatic rings. The first-order valence-corrected chi connectivity index (χ1v) is 10.9. The van der Waals surface area contributed by atoms with Crippen molar-refractivity contribution in [1.82, 2.24) is 15.3 Å². The van der Waals surface area contributed by atoms with Gasteiger partial charge in [0.05, 0.1) is 22.8 Å². The van der Waals surface area contributed by atoms with E-state index in [9.17, 15) is 4.79 Å². The van der Waals surface area contributed by atoms with Crippen LogP contribution in [0.15, 0.2) is 109 Å². The number of aryl methyl sites for hydroxylation is 1. The Morgan fingerprint density at radius 3 is 2.06 bits per heavy atom. The molecule has 4 nitrogen and oxygen atoms in total.